The lowest BCUT2D eigenvalue weighted by atomic mass is 9.92. The Hall–Kier alpha value is -0.780. The SMILES string of the molecule is C=CCCCC/C=C\C[C@H]1CCC[C@@H]1/C=C/CCCCCC. The molecule has 2 atom stereocenters. The quantitative estimate of drug-likeness (QED) is 0.242. The predicted molar refractivity (Wildman–Crippen MR) is 101 cm³/mol. The minimum Gasteiger partial charge on any atom is -0.103 e. The van der Waals surface area contributed by atoms with Gasteiger partial charge in [-0.15, -0.1) is 6.58 Å². The van der Waals surface area contributed by atoms with Gasteiger partial charge in [-0.1, -0.05) is 63.0 Å². The highest BCUT2D eigenvalue weighted by Crippen LogP contribution is 2.35. The minimum absolute atomic E-state index is 0.858. The molecule has 0 saturated heterocycles. The van der Waals surface area contributed by atoms with E-state index in [0.29, 0.717) is 0 Å². The Labute approximate surface area is 139 Å². The second kappa shape index (κ2) is 13.9. The van der Waals surface area contributed by atoms with Gasteiger partial charge in [0.1, 0.15) is 0 Å². The van der Waals surface area contributed by atoms with E-state index in [4.69, 9.17) is 0 Å². The predicted octanol–water partition coefficient (Wildman–Crippen LogP) is 7.62. The maximum Gasteiger partial charge on any atom is -0.0202 e. The van der Waals surface area contributed by atoms with Gasteiger partial charge in [-0.2, -0.15) is 0 Å². The van der Waals surface area contributed by atoms with Gasteiger partial charge in [0.25, 0.3) is 0 Å². The molecule has 22 heavy (non-hydrogen) atoms. The van der Waals surface area contributed by atoms with Crippen LogP contribution in [0.25, 0.3) is 0 Å². The van der Waals surface area contributed by atoms with Crippen molar-refractivity contribution in [2.75, 3.05) is 0 Å². The lowest BCUT2D eigenvalue weighted by Gasteiger charge is -2.14. The van der Waals surface area contributed by atoms with Crippen molar-refractivity contribution in [3.8, 4) is 0 Å². The largest absolute Gasteiger partial charge is 0.103 e. The summed E-state index contributed by atoms with van der Waals surface area (Å²) in [6.07, 6.45) is 29.3. The van der Waals surface area contributed by atoms with Crippen molar-refractivity contribution in [3.05, 3.63) is 37.0 Å². The van der Waals surface area contributed by atoms with Gasteiger partial charge in [0.15, 0.2) is 0 Å². The topological polar surface area (TPSA) is 0 Å². The number of rotatable bonds is 13. The normalized spacial score (nSPS) is 22.0. The Morgan fingerprint density at radius 1 is 0.864 bits per heavy atom. The number of hydrogen-bond donors (Lipinski definition) is 0. The Bertz CT molecular complexity index is 310. The maximum absolute atomic E-state index is 3.78. The summed E-state index contributed by atoms with van der Waals surface area (Å²) in [7, 11) is 0. The molecule has 1 fully saturated rings. The van der Waals surface area contributed by atoms with Crippen LogP contribution in [0.1, 0.15) is 90.4 Å². The smallest absolute Gasteiger partial charge is 0.0202 e. The van der Waals surface area contributed by atoms with Crippen LogP contribution in [0.3, 0.4) is 0 Å². The molecule has 0 spiro atoms. The van der Waals surface area contributed by atoms with Gasteiger partial charge in [0.2, 0.25) is 0 Å². The molecule has 0 aromatic heterocycles. The van der Waals surface area contributed by atoms with E-state index in [1.54, 1.807) is 0 Å². The van der Waals surface area contributed by atoms with Crippen LogP contribution >= 0.6 is 0 Å². The first-order valence-electron chi connectivity index (χ1n) is 9.81. The van der Waals surface area contributed by atoms with Crippen LogP contribution in [0.4, 0.5) is 0 Å². The summed E-state index contributed by atoms with van der Waals surface area (Å²) < 4.78 is 0. The molecular weight excluding hydrogens is 264 g/mol. The van der Waals surface area contributed by atoms with Crippen molar-refractivity contribution >= 4 is 0 Å². The third kappa shape index (κ3) is 9.28. The average Bonchev–Trinajstić information content (AvgIpc) is 2.97. The van der Waals surface area contributed by atoms with E-state index >= 15 is 0 Å². The Morgan fingerprint density at radius 3 is 2.45 bits per heavy atom. The van der Waals surface area contributed by atoms with E-state index in [0.717, 1.165) is 11.8 Å². The van der Waals surface area contributed by atoms with E-state index in [9.17, 15) is 0 Å². The fourth-order valence-corrected chi connectivity index (χ4v) is 3.51. The van der Waals surface area contributed by atoms with Crippen LogP contribution < -0.4 is 0 Å². The number of unbranched alkanes of at least 4 members (excludes halogenated alkanes) is 7. The maximum atomic E-state index is 3.78. The molecule has 1 saturated carbocycles. The summed E-state index contributed by atoms with van der Waals surface area (Å²) >= 11 is 0. The van der Waals surface area contributed by atoms with Crippen LogP contribution in [-0.4, -0.2) is 0 Å². The first-order chi connectivity index (χ1) is 10.9. The summed E-state index contributed by atoms with van der Waals surface area (Å²) in [5.74, 6) is 1.77. The van der Waals surface area contributed by atoms with Gasteiger partial charge in [0, 0.05) is 0 Å². The average molecular weight is 303 g/mol. The Balaban J connectivity index is 2.12. The summed E-state index contributed by atoms with van der Waals surface area (Å²) in [4.78, 5) is 0. The molecule has 0 amide bonds. The molecule has 0 nitrogen and oxygen atoms in total. The number of allylic oxidation sites excluding steroid dienone is 5. The molecule has 1 rings (SSSR count). The fourth-order valence-electron chi connectivity index (χ4n) is 3.51. The summed E-state index contributed by atoms with van der Waals surface area (Å²) in [6, 6.07) is 0. The molecule has 0 aromatic carbocycles. The van der Waals surface area contributed by atoms with Crippen LogP contribution in [0.5, 0.6) is 0 Å². The monoisotopic (exact) mass is 302 g/mol. The molecule has 0 heterocycles. The highest BCUT2D eigenvalue weighted by Gasteiger charge is 2.23. The van der Waals surface area contributed by atoms with Gasteiger partial charge in [0.05, 0.1) is 0 Å². The van der Waals surface area contributed by atoms with E-state index in [1.165, 1.54) is 83.5 Å². The van der Waals surface area contributed by atoms with Crippen molar-refractivity contribution in [3.63, 3.8) is 0 Å². The summed E-state index contributed by atoms with van der Waals surface area (Å²) in [5, 5.41) is 0. The molecule has 0 aliphatic heterocycles. The second-order valence-corrected chi connectivity index (χ2v) is 6.91. The highest BCUT2D eigenvalue weighted by molar-refractivity contribution is 4.97. The summed E-state index contributed by atoms with van der Waals surface area (Å²) in [6.45, 7) is 6.06. The van der Waals surface area contributed by atoms with Crippen molar-refractivity contribution in [2.45, 2.75) is 90.4 Å². The molecule has 1 aliphatic carbocycles. The zero-order valence-corrected chi connectivity index (χ0v) is 14.9. The summed E-state index contributed by atoms with van der Waals surface area (Å²) in [5.41, 5.74) is 0. The highest BCUT2D eigenvalue weighted by atomic mass is 14.3. The molecule has 126 valence electrons. The molecule has 0 N–H and O–H groups in total. The van der Waals surface area contributed by atoms with E-state index in [-0.39, 0.29) is 0 Å². The van der Waals surface area contributed by atoms with Crippen LogP contribution in [0.2, 0.25) is 0 Å². The first kappa shape index (κ1) is 19.3. The molecule has 1 aliphatic rings. The number of hydrogen-bond acceptors (Lipinski definition) is 0. The Morgan fingerprint density at radius 2 is 1.64 bits per heavy atom. The molecule has 0 unspecified atom stereocenters. The first-order valence-corrected chi connectivity index (χ1v) is 9.81. The zero-order valence-electron chi connectivity index (χ0n) is 14.9. The van der Waals surface area contributed by atoms with Crippen LogP contribution in [-0.2, 0) is 0 Å². The third-order valence-electron chi connectivity index (χ3n) is 4.96. The molecule has 0 bridgehead atoms. The van der Waals surface area contributed by atoms with Gasteiger partial charge >= 0.3 is 0 Å². The molecule has 0 heteroatoms. The lowest BCUT2D eigenvalue weighted by molar-refractivity contribution is 0.462. The minimum atomic E-state index is 0.858. The van der Waals surface area contributed by atoms with E-state index < -0.39 is 0 Å². The molecule has 0 radical (unpaired) electrons. The van der Waals surface area contributed by atoms with Crippen molar-refractivity contribution in [2.24, 2.45) is 11.8 Å². The van der Waals surface area contributed by atoms with Gasteiger partial charge < -0.3 is 0 Å². The van der Waals surface area contributed by atoms with Gasteiger partial charge in [-0.05, 0) is 69.6 Å². The molecule has 0 aromatic rings. The van der Waals surface area contributed by atoms with Crippen LogP contribution in [0, 0.1) is 11.8 Å². The standard InChI is InChI=1S/C22H38/c1-3-5-7-9-11-13-15-18-22-20-16-19-21(22)17-14-12-10-8-6-4-2/h3,13-15,17,21-22H,1,4-12,16,18-20H2,2H3/b15-13-,17-14+/t21-,22-/m0/s1. The molecular formula is C22H38. The fraction of sp³-hybridized carbons (Fsp3) is 0.727. The van der Waals surface area contributed by atoms with Gasteiger partial charge in [-0.25, -0.2) is 0 Å². The van der Waals surface area contributed by atoms with Gasteiger partial charge in [-0.3, -0.25) is 0 Å². The van der Waals surface area contributed by atoms with Crippen molar-refractivity contribution < 1.29 is 0 Å². The van der Waals surface area contributed by atoms with Crippen molar-refractivity contribution in [1.82, 2.24) is 0 Å². The lowest BCUT2D eigenvalue weighted by Crippen LogP contribution is -2.03. The zero-order chi connectivity index (χ0) is 15.9. The van der Waals surface area contributed by atoms with E-state index in [2.05, 4.69) is 37.8 Å². The van der Waals surface area contributed by atoms with E-state index in [1.807, 2.05) is 6.08 Å². The second-order valence-electron chi connectivity index (χ2n) is 6.91. The third-order valence-corrected chi connectivity index (χ3v) is 4.96. The van der Waals surface area contributed by atoms with Crippen molar-refractivity contribution in [1.29, 1.82) is 0 Å². The van der Waals surface area contributed by atoms with Crippen LogP contribution in [0.15, 0.2) is 37.0 Å². The Kier molecular flexibility index (Phi) is 12.1.